The van der Waals surface area contributed by atoms with Gasteiger partial charge in [-0.2, -0.15) is 0 Å². The second-order valence-electron chi connectivity index (χ2n) is 5.91. The van der Waals surface area contributed by atoms with E-state index in [0.29, 0.717) is 32.7 Å². The van der Waals surface area contributed by atoms with Gasteiger partial charge in [-0.1, -0.05) is 20.8 Å². The minimum Gasteiger partial charge on any atom is -0.480 e. The number of methoxy groups -OCH3 is 2. The van der Waals surface area contributed by atoms with Gasteiger partial charge >= 0.3 is 12.0 Å². The normalized spacial score (nSPS) is 12.8. The lowest BCUT2D eigenvalue weighted by Crippen LogP contribution is -2.54. The van der Waals surface area contributed by atoms with Gasteiger partial charge in [0, 0.05) is 33.9 Å². The first-order valence-electron chi connectivity index (χ1n) is 7.00. The zero-order valence-corrected chi connectivity index (χ0v) is 13.6. The highest BCUT2D eigenvalue weighted by atomic mass is 16.5. The van der Waals surface area contributed by atoms with Crippen LogP contribution >= 0.6 is 0 Å². The first kappa shape index (κ1) is 19.7. The molecule has 0 aliphatic heterocycles. The lowest BCUT2D eigenvalue weighted by molar-refractivity contribution is -0.142. The van der Waals surface area contributed by atoms with Crippen molar-refractivity contribution in [1.82, 2.24) is 10.2 Å². The summed E-state index contributed by atoms with van der Waals surface area (Å²) < 4.78 is 9.95. The van der Waals surface area contributed by atoms with Gasteiger partial charge in [0.15, 0.2) is 0 Å². The Morgan fingerprint density at radius 2 is 1.71 bits per heavy atom. The molecule has 2 amide bonds. The van der Waals surface area contributed by atoms with Gasteiger partial charge in [0.25, 0.3) is 0 Å². The Morgan fingerprint density at radius 3 is 2.14 bits per heavy atom. The number of rotatable bonds is 9. The van der Waals surface area contributed by atoms with Crippen molar-refractivity contribution in [3.63, 3.8) is 0 Å². The molecule has 0 aliphatic rings. The van der Waals surface area contributed by atoms with Crippen LogP contribution in [0.25, 0.3) is 0 Å². The number of hydrogen-bond acceptors (Lipinski definition) is 4. The van der Waals surface area contributed by atoms with Gasteiger partial charge in [-0.05, 0) is 11.8 Å². The Bertz CT molecular complexity index is 328. The van der Waals surface area contributed by atoms with Crippen molar-refractivity contribution >= 4 is 12.0 Å². The zero-order valence-electron chi connectivity index (χ0n) is 13.6. The summed E-state index contributed by atoms with van der Waals surface area (Å²) in [4.78, 5) is 25.1. The fourth-order valence-corrected chi connectivity index (χ4v) is 1.78. The zero-order chi connectivity index (χ0) is 16.5. The van der Waals surface area contributed by atoms with E-state index in [9.17, 15) is 14.7 Å². The first-order valence-corrected chi connectivity index (χ1v) is 7.00. The second kappa shape index (κ2) is 9.57. The number of nitrogens with zero attached hydrogens (tertiary/aromatic N) is 1. The van der Waals surface area contributed by atoms with Crippen LogP contribution in [0.4, 0.5) is 4.79 Å². The minimum atomic E-state index is -1.04. The molecule has 1 unspecified atom stereocenters. The molecule has 0 spiro atoms. The van der Waals surface area contributed by atoms with Gasteiger partial charge in [-0.25, -0.2) is 9.59 Å². The van der Waals surface area contributed by atoms with Crippen LogP contribution in [0.2, 0.25) is 0 Å². The molecule has 2 N–H and O–H groups in total. The van der Waals surface area contributed by atoms with E-state index in [2.05, 4.69) is 5.32 Å². The van der Waals surface area contributed by atoms with Crippen LogP contribution in [0.5, 0.6) is 0 Å². The fraction of sp³-hybridized carbons (Fsp3) is 0.857. The Balaban J connectivity index is 4.72. The molecule has 0 aliphatic carbocycles. The third-order valence-corrected chi connectivity index (χ3v) is 3.01. The average molecular weight is 304 g/mol. The summed E-state index contributed by atoms with van der Waals surface area (Å²) in [6, 6.07) is -1.34. The van der Waals surface area contributed by atoms with Gasteiger partial charge in [0.05, 0.1) is 6.61 Å². The van der Waals surface area contributed by atoms with Gasteiger partial charge in [-0.3, -0.25) is 0 Å². The van der Waals surface area contributed by atoms with Gasteiger partial charge in [0.1, 0.15) is 6.04 Å². The monoisotopic (exact) mass is 304 g/mol. The van der Waals surface area contributed by atoms with Gasteiger partial charge in [-0.15, -0.1) is 0 Å². The number of carboxylic acids is 1. The molecule has 21 heavy (non-hydrogen) atoms. The van der Waals surface area contributed by atoms with Crippen LogP contribution in [-0.4, -0.2) is 68.6 Å². The van der Waals surface area contributed by atoms with E-state index in [1.54, 1.807) is 39.9 Å². The predicted octanol–water partition coefficient (Wildman–Crippen LogP) is 1.18. The quantitative estimate of drug-likeness (QED) is 0.625. The number of hydrogen-bond donors (Lipinski definition) is 2. The lowest BCUT2D eigenvalue weighted by atomic mass is 9.87. The molecule has 0 saturated carbocycles. The third kappa shape index (κ3) is 7.87. The smallest absolute Gasteiger partial charge is 0.326 e. The Hall–Kier alpha value is -1.34. The van der Waals surface area contributed by atoms with E-state index in [0.717, 1.165) is 0 Å². The van der Waals surface area contributed by atoms with Gasteiger partial charge < -0.3 is 24.8 Å². The predicted molar refractivity (Wildman–Crippen MR) is 79.4 cm³/mol. The number of carbonyl (C=O) groups excluding carboxylic acids is 1. The maximum absolute atomic E-state index is 12.3. The van der Waals surface area contributed by atoms with E-state index in [1.165, 1.54) is 0 Å². The fourth-order valence-electron chi connectivity index (χ4n) is 1.78. The average Bonchev–Trinajstić information content (AvgIpc) is 2.38. The first-order chi connectivity index (χ1) is 9.73. The molecule has 0 fully saturated rings. The van der Waals surface area contributed by atoms with Crippen molar-refractivity contribution in [2.45, 2.75) is 33.2 Å². The van der Waals surface area contributed by atoms with Crippen LogP contribution < -0.4 is 5.32 Å². The van der Waals surface area contributed by atoms with Crippen LogP contribution in [0.15, 0.2) is 0 Å². The molecule has 0 heterocycles. The third-order valence-electron chi connectivity index (χ3n) is 3.01. The number of carbonyl (C=O) groups is 2. The van der Waals surface area contributed by atoms with Crippen LogP contribution in [0, 0.1) is 5.41 Å². The van der Waals surface area contributed by atoms with Crippen molar-refractivity contribution < 1.29 is 24.2 Å². The summed E-state index contributed by atoms with van der Waals surface area (Å²) in [5.41, 5.74) is -0.569. The summed E-state index contributed by atoms with van der Waals surface area (Å²) >= 11 is 0. The van der Waals surface area contributed by atoms with Crippen LogP contribution in [0.1, 0.15) is 27.2 Å². The summed E-state index contributed by atoms with van der Waals surface area (Å²) in [6.07, 6.45) is 0.681. The molecule has 0 aromatic carbocycles. The topological polar surface area (TPSA) is 88.1 Å². The number of ether oxygens (including phenoxy) is 2. The second-order valence-corrected chi connectivity index (χ2v) is 5.91. The molecule has 0 aromatic heterocycles. The molecular formula is C14H28N2O5. The van der Waals surface area contributed by atoms with Crippen molar-refractivity contribution in [2.24, 2.45) is 5.41 Å². The minimum absolute atomic E-state index is 0.396. The molecule has 0 bridgehead atoms. The van der Waals surface area contributed by atoms with E-state index < -0.39 is 23.5 Å². The molecule has 1 atom stereocenters. The summed E-state index contributed by atoms with van der Waals surface area (Å²) in [5, 5.41) is 11.8. The Morgan fingerprint density at radius 1 is 1.14 bits per heavy atom. The number of carboxylic acid groups (broad SMARTS) is 1. The van der Waals surface area contributed by atoms with Crippen molar-refractivity contribution in [3.05, 3.63) is 0 Å². The number of aliphatic carboxylic acids is 1. The standard InChI is InChI=1S/C14H28N2O5/c1-14(2,3)11(12(17)18)15-13(19)16(8-10-21-5)7-6-9-20-4/h11H,6-10H2,1-5H3,(H,15,19)(H,17,18). The number of urea groups is 1. The van der Waals surface area contributed by atoms with Crippen molar-refractivity contribution in [1.29, 1.82) is 0 Å². The highest BCUT2D eigenvalue weighted by Gasteiger charge is 2.33. The highest BCUT2D eigenvalue weighted by molar-refractivity contribution is 5.83. The molecule has 0 saturated heterocycles. The largest absolute Gasteiger partial charge is 0.480 e. The van der Waals surface area contributed by atoms with Crippen molar-refractivity contribution in [3.8, 4) is 0 Å². The molecule has 0 radical (unpaired) electrons. The van der Waals surface area contributed by atoms with Crippen molar-refractivity contribution in [2.75, 3.05) is 40.5 Å². The molecule has 7 heteroatoms. The SMILES string of the molecule is COCCCN(CCOC)C(=O)NC(C(=O)O)C(C)(C)C. The summed E-state index contributed by atoms with van der Waals surface area (Å²) in [5.74, 6) is -1.04. The van der Waals surface area contributed by atoms with Crippen LogP contribution in [0.3, 0.4) is 0 Å². The molecule has 7 nitrogen and oxygen atoms in total. The summed E-state index contributed by atoms with van der Waals surface area (Å²) in [7, 11) is 3.15. The highest BCUT2D eigenvalue weighted by Crippen LogP contribution is 2.19. The Kier molecular flexibility index (Phi) is 8.96. The van der Waals surface area contributed by atoms with E-state index in [4.69, 9.17) is 9.47 Å². The van der Waals surface area contributed by atoms with Crippen LogP contribution in [-0.2, 0) is 14.3 Å². The molecule has 0 aromatic rings. The lowest BCUT2D eigenvalue weighted by Gasteiger charge is -2.31. The van der Waals surface area contributed by atoms with Gasteiger partial charge in [0.2, 0.25) is 0 Å². The Labute approximate surface area is 126 Å². The van der Waals surface area contributed by atoms with E-state index in [-0.39, 0.29) is 0 Å². The molecule has 124 valence electrons. The molecular weight excluding hydrogens is 276 g/mol. The maximum Gasteiger partial charge on any atom is 0.326 e. The number of nitrogens with one attached hydrogen (secondary N) is 1. The van der Waals surface area contributed by atoms with E-state index >= 15 is 0 Å². The molecule has 0 rings (SSSR count). The number of amides is 2. The van der Waals surface area contributed by atoms with E-state index in [1.807, 2.05) is 0 Å². The summed E-state index contributed by atoms with van der Waals surface area (Å²) in [6.45, 7) is 7.15. The maximum atomic E-state index is 12.3.